The van der Waals surface area contributed by atoms with Gasteiger partial charge >= 0.3 is 5.97 Å². The molecule has 0 saturated carbocycles. The minimum atomic E-state index is -3.33. The lowest BCUT2D eigenvalue weighted by Crippen LogP contribution is -2.38. The van der Waals surface area contributed by atoms with E-state index in [2.05, 4.69) is 9.71 Å². The number of ether oxygens (including phenoxy) is 1. The number of sulfonamides is 1. The van der Waals surface area contributed by atoms with Gasteiger partial charge in [-0.15, -0.1) is 11.3 Å². The lowest BCUT2D eigenvalue weighted by Gasteiger charge is -2.22. The Kier molecular flexibility index (Phi) is 5.08. The molecule has 1 saturated heterocycles. The number of thiazole rings is 1. The number of carboxylic acids is 1. The van der Waals surface area contributed by atoms with Crippen LogP contribution in [0.5, 0.6) is 0 Å². The van der Waals surface area contributed by atoms with Crippen molar-refractivity contribution < 1.29 is 23.1 Å². The Labute approximate surface area is 121 Å². The molecule has 0 radical (unpaired) electrons. The Morgan fingerprint density at radius 2 is 2.20 bits per heavy atom. The molecule has 1 aliphatic rings. The molecule has 7 nitrogen and oxygen atoms in total. The minimum Gasteiger partial charge on any atom is -0.476 e. The molecule has 1 fully saturated rings. The van der Waals surface area contributed by atoms with Crippen LogP contribution in [0.1, 0.15) is 28.3 Å². The fraction of sp³-hybridized carbons (Fsp3) is 0.636. The van der Waals surface area contributed by atoms with Crippen LogP contribution in [-0.4, -0.2) is 49.5 Å². The summed E-state index contributed by atoms with van der Waals surface area (Å²) >= 11 is 1.22. The summed E-state index contributed by atoms with van der Waals surface area (Å²) in [7, 11) is -3.33. The van der Waals surface area contributed by atoms with E-state index in [-0.39, 0.29) is 12.2 Å². The van der Waals surface area contributed by atoms with Crippen LogP contribution >= 0.6 is 11.3 Å². The van der Waals surface area contributed by atoms with Crippen LogP contribution < -0.4 is 4.72 Å². The quantitative estimate of drug-likeness (QED) is 0.790. The van der Waals surface area contributed by atoms with Gasteiger partial charge in [-0.3, -0.25) is 0 Å². The van der Waals surface area contributed by atoms with Crippen LogP contribution in [-0.2, 0) is 21.2 Å². The highest BCUT2D eigenvalue weighted by molar-refractivity contribution is 7.90. The Balaban J connectivity index is 1.83. The van der Waals surface area contributed by atoms with E-state index in [1.54, 1.807) is 0 Å². The first kappa shape index (κ1) is 15.4. The van der Waals surface area contributed by atoms with Gasteiger partial charge in [0.25, 0.3) is 0 Å². The van der Waals surface area contributed by atoms with Crippen molar-refractivity contribution in [2.45, 2.75) is 24.5 Å². The molecule has 1 aromatic heterocycles. The second-order valence-electron chi connectivity index (χ2n) is 4.43. The first-order valence-corrected chi connectivity index (χ1v) is 8.65. The normalized spacial score (nSPS) is 17.2. The fourth-order valence-corrected chi connectivity index (χ4v) is 4.14. The first-order chi connectivity index (χ1) is 9.49. The molecule has 1 aliphatic heterocycles. The number of hydrogen-bond donors (Lipinski definition) is 2. The molecular formula is C11H16N2O5S2. The second-order valence-corrected chi connectivity index (χ2v) is 7.42. The zero-order chi connectivity index (χ0) is 14.6. The largest absolute Gasteiger partial charge is 0.476 e. The summed E-state index contributed by atoms with van der Waals surface area (Å²) in [4.78, 5) is 14.6. The maximum atomic E-state index is 12.0. The van der Waals surface area contributed by atoms with Gasteiger partial charge in [0.05, 0.1) is 10.3 Å². The van der Waals surface area contributed by atoms with Crippen LogP contribution in [0, 0.1) is 0 Å². The van der Waals surface area contributed by atoms with E-state index >= 15 is 0 Å². The summed E-state index contributed by atoms with van der Waals surface area (Å²) in [5.74, 6) is -1.07. The van der Waals surface area contributed by atoms with E-state index < -0.39 is 21.2 Å². The molecule has 0 aliphatic carbocycles. The lowest BCUT2D eigenvalue weighted by atomic mass is 10.2. The molecule has 2 rings (SSSR count). The molecule has 2 heterocycles. The number of carbonyl (C=O) groups is 1. The maximum Gasteiger partial charge on any atom is 0.355 e. The van der Waals surface area contributed by atoms with E-state index in [1.807, 2.05) is 0 Å². The molecule has 0 aromatic carbocycles. The van der Waals surface area contributed by atoms with Crippen LogP contribution in [0.3, 0.4) is 0 Å². The van der Waals surface area contributed by atoms with Crippen molar-refractivity contribution in [2.24, 2.45) is 0 Å². The van der Waals surface area contributed by atoms with Gasteiger partial charge in [0, 0.05) is 31.6 Å². The summed E-state index contributed by atoms with van der Waals surface area (Å²) < 4.78 is 31.7. The zero-order valence-electron chi connectivity index (χ0n) is 10.7. The smallest absolute Gasteiger partial charge is 0.355 e. The number of rotatable bonds is 6. The Morgan fingerprint density at radius 3 is 2.80 bits per heavy atom. The van der Waals surface area contributed by atoms with Crippen molar-refractivity contribution in [1.82, 2.24) is 9.71 Å². The predicted molar refractivity (Wildman–Crippen MR) is 73.5 cm³/mol. The van der Waals surface area contributed by atoms with Gasteiger partial charge in [-0.1, -0.05) is 0 Å². The van der Waals surface area contributed by atoms with Crippen molar-refractivity contribution in [3.8, 4) is 0 Å². The summed E-state index contributed by atoms with van der Waals surface area (Å²) in [6.07, 6.45) is 1.41. The van der Waals surface area contributed by atoms with Crippen LogP contribution in [0.25, 0.3) is 0 Å². The lowest BCUT2D eigenvalue weighted by molar-refractivity contribution is 0.0691. The van der Waals surface area contributed by atoms with Crippen molar-refractivity contribution in [3.05, 3.63) is 16.1 Å². The van der Waals surface area contributed by atoms with Gasteiger partial charge in [0.15, 0.2) is 5.69 Å². The van der Waals surface area contributed by atoms with Crippen molar-refractivity contribution in [3.63, 3.8) is 0 Å². The van der Waals surface area contributed by atoms with E-state index in [4.69, 9.17) is 9.84 Å². The Morgan fingerprint density at radius 1 is 1.50 bits per heavy atom. The molecule has 0 spiro atoms. The molecule has 20 heavy (non-hydrogen) atoms. The predicted octanol–water partition coefficient (Wildman–Crippen LogP) is 0.482. The summed E-state index contributed by atoms with van der Waals surface area (Å²) in [5, 5.41) is 10.4. The highest BCUT2D eigenvalue weighted by atomic mass is 32.2. The number of hydrogen-bond acceptors (Lipinski definition) is 6. The highest BCUT2D eigenvalue weighted by Crippen LogP contribution is 2.15. The van der Waals surface area contributed by atoms with E-state index in [9.17, 15) is 13.2 Å². The topological polar surface area (TPSA) is 106 Å². The third-order valence-electron chi connectivity index (χ3n) is 3.02. The monoisotopic (exact) mass is 320 g/mol. The fourth-order valence-electron chi connectivity index (χ4n) is 1.93. The van der Waals surface area contributed by atoms with Gasteiger partial charge in [-0.05, 0) is 12.8 Å². The summed E-state index contributed by atoms with van der Waals surface area (Å²) in [6.45, 7) is 1.17. The average Bonchev–Trinajstić information content (AvgIpc) is 2.89. The van der Waals surface area contributed by atoms with E-state index in [0.29, 0.717) is 37.5 Å². The maximum absolute atomic E-state index is 12.0. The SMILES string of the molecule is O=C(O)c1csc(CCNS(=O)(=O)C2CCOCC2)n1. The van der Waals surface area contributed by atoms with Gasteiger partial charge < -0.3 is 9.84 Å². The third kappa shape index (κ3) is 3.98. The summed E-state index contributed by atoms with van der Waals surface area (Å²) in [5.41, 5.74) is -0.00251. The third-order valence-corrected chi connectivity index (χ3v) is 5.88. The number of aromatic carboxylic acids is 1. The molecule has 2 N–H and O–H groups in total. The number of nitrogens with one attached hydrogen (secondary N) is 1. The Hall–Kier alpha value is -1.03. The molecular weight excluding hydrogens is 304 g/mol. The average molecular weight is 320 g/mol. The zero-order valence-corrected chi connectivity index (χ0v) is 12.4. The van der Waals surface area contributed by atoms with Gasteiger partial charge in [-0.2, -0.15) is 0 Å². The van der Waals surface area contributed by atoms with Crippen LogP contribution in [0.4, 0.5) is 0 Å². The van der Waals surface area contributed by atoms with E-state index in [1.165, 1.54) is 16.7 Å². The minimum absolute atomic E-state index is 0.00251. The molecule has 0 bridgehead atoms. The molecule has 0 unspecified atom stereocenters. The standard InChI is InChI=1S/C11H16N2O5S2/c14-11(15)9-7-19-10(13-9)1-4-12-20(16,17)8-2-5-18-6-3-8/h7-8,12H,1-6H2,(H,14,15). The van der Waals surface area contributed by atoms with Crippen LogP contribution in [0.2, 0.25) is 0 Å². The van der Waals surface area contributed by atoms with Crippen molar-refractivity contribution in [2.75, 3.05) is 19.8 Å². The van der Waals surface area contributed by atoms with Gasteiger partial charge in [0.2, 0.25) is 10.0 Å². The number of carboxylic acid groups (broad SMARTS) is 1. The second kappa shape index (κ2) is 6.61. The molecule has 1 aromatic rings. The van der Waals surface area contributed by atoms with Crippen molar-refractivity contribution in [1.29, 1.82) is 0 Å². The van der Waals surface area contributed by atoms with Crippen LogP contribution in [0.15, 0.2) is 5.38 Å². The summed E-state index contributed by atoms with van der Waals surface area (Å²) in [6, 6.07) is 0. The first-order valence-electron chi connectivity index (χ1n) is 6.23. The number of nitrogens with zero attached hydrogens (tertiary/aromatic N) is 1. The number of aromatic nitrogens is 1. The van der Waals surface area contributed by atoms with Crippen molar-refractivity contribution >= 4 is 27.3 Å². The highest BCUT2D eigenvalue weighted by Gasteiger charge is 2.27. The Bertz CT molecular complexity index is 563. The molecule has 0 amide bonds. The molecule has 9 heteroatoms. The molecule has 0 atom stereocenters. The van der Waals surface area contributed by atoms with Gasteiger partial charge in [-0.25, -0.2) is 22.9 Å². The van der Waals surface area contributed by atoms with Gasteiger partial charge in [0.1, 0.15) is 0 Å². The molecule has 112 valence electrons. The van der Waals surface area contributed by atoms with E-state index in [0.717, 1.165) is 0 Å².